The van der Waals surface area contributed by atoms with Crippen molar-refractivity contribution in [3.05, 3.63) is 29.6 Å². The number of rotatable bonds is 2. The van der Waals surface area contributed by atoms with Gasteiger partial charge in [0.15, 0.2) is 0 Å². The molecule has 18 heavy (non-hydrogen) atoms. The first-order valence-corrected chi connectivity index (χ1v) is 5.62. The molecule has 6 heteroatoms. The molecule has 1 aliphatic heterocycles. The molecule has 1 aromatic heterocycles. The molecule has 2 N–H and O–H groups in total. The fourth-order valence-corrected chi connectivity index (χ4v) is 2.11. The van der Waals surface area contributed by atoms with Gasteiger partial charge < -0.3 is 15.1 Å². The number of aliphatic hydroxyl groups is 1. The van der Waals surface area contributed by atoms with E-state index in [4.69, 9.17) is 5.11 Å². The predicted molar refractivity (Wildman–Crippen MR) is 62.1 cm³/mol. The van der Waals surface area contributed by atoms with Crippen LogP contribution in [-0.4, -0.2) is 50.7 Å². The largest absolute Gasteiger partial charge is 0.480 e. The average molecular weight is 250 g/mol. The highest BCUT2D eigenvalue weighted by atomic mass is 16.4. The minimum atomic E-state index is -1.10. The molecule has 0 aromatic carbocycles. The third-order valence-electron chi connectivity index (χ3n) is 2.95. The van der Waals surface area contributed by atoms with E-state index in [1.165, 1.54) is 11.1 Å². The van der Waals surface area contributed by atoms with Crippen molar-refractivity contribution in [3.63, 3.8) is 0 Å². The summed E-state index contributed by atoms with van der Waals surface area (Å²) >= 11 is 0. The number of amides is 1. The van der Waals surface area contributed by atoms with Gasteiger partial charge in [0.25, 0.3) is 5.91 Å². The van der Waals surface area contributed by atoms with E-state index in [-0.39, 0.29) is 13.0 Å². The number of hydrogen-bond acceptors (Lipinski definition) is 4. The summed E-state index contributed by atoms with van der Waals surface area (Å²) in [5.41, 5.74) is 1.17. The van der Waals surface area contributed by atoms with Crippen LogP contribution in [0.25, 0.3) is 0 Å². The molecule has 0 radical (unpaired) electrons. The van der Waals surface area contributed by atoms with Crippen molar-refractivity contribution in [1.82, 2.24) is 9.88 Å². The molecule has 1 amide bonds. The molecule has 2 rings (SSSR count). The molecule has 0 unspecified atom stereocenters. The van der Waals surface area contributed by atoms with E-state index in [0.717, 1.165) is 5.56 Å². The van der Waals surface area contributed by atoms with Crippen LogP contribution in [0, 0.1) is 6.92 Å². The number of pyridine rings is 1. The lowest BCUT2D eigenvalue weighted by Crippen LogP contribution is -2.40. The number of aliphatic carboxylic acids is 1. The molecular weight excluding hydrogens is 236 g/mol. The van der Waals surface area contributed by atoms with Crippen molar-refractivity contribution in [2.24, 2.45) is 0 Å². The molecule has 1 saturated heterocycles. The standard InChI is InChI=1S/C12H14N2O4/c1-7-2-8(5-13-4-7)11(16)14-6-9(15)3-10(14)12(17)18/h2,4-5,9-10,15H,3,6H2,1H3,(H,17,18)/t9-,10-/m1/s1. The number of carboxylic acid groups (broad SMARTS) is 1. The number of nitrogens with zero attached hydrogens (tertiary/aromatic N) is 2. The summed E-state index contributed by atoms with van der Waals surface area (Å²) < 4.78 is 0. The van der Waals surface area contributed by atoms with Crippen molar-refractivity contribution in [1.29, 1.82) is 0 Å². The van der Waals surface area contributed by atoms with Crippen molar-refractivity contribution in [3.8, 4) is 0 Å². The van der Waals surface area contributed by atoms with E-state index >= 15 is 0 Å². The maximum Gasteiger partial charge on any atom is 0.326 e. The van der Waals surface area contributed by atoms with Crippen LogP contribution in [0.3, 0.4) is 0 Å². The number of carboxylic acids is 1. The van der Waals surface area contributed by atoms with E-state index in [1.807, 2.05) is 0 Å². The molecule has 96 valence electrons. The van der Waals surface area contributed by atoms with Crippen LogP contribution >= 0.6 is 0 Å². The first kappa shape index (κ1) is 12.5. The van der Waals surface area contributed by atoms with Crippen molar-refractivity contribution in [2.75, 3.05) is 6.54 Å². The Balaban J connectivity index is 2.25. The third kappa shape index (κ3) is 2.33. The van der Waals surface area contributed by atoms with E-state index in [1.54, 1.807) is 19.2 Å². The SMILES string of the molecule is Cc1cncc(C(=O)N2C[C@H](O)C[C@@H]2C(=O)O)c1. The van der Waals surface area contributed by atoms with Gasteiger partial charge in [0, 0.05) is 25.4 Å². The molecule has 6 nitrogen and oxygen atoms in total. The van der Waals surface area contributed by atoms with E-state index in [0.29, 0.717) is 5.56 Å². The Kier molecular flexibility index (Phi) is 3.29. The zero-order valence-electron chi connectivity index (χ0n) is 9.91. The Bertz CT molecular complexity index is 489. The Morgan fingerprint density at radius 1 is 1.44 bits per heavy atom. The molecule has 1 aromatic rings. The van der Waals surface area contributed by atoms with Crippen LogP contribution in [0.15, 0.2) is 18.5 Å². The number of hydrogen-bond donors (Lipinski definition) is 2. The van der Waals surface area contributed by atoms with Gasteiger partial charge in [0.05, 0.1) is 11.7 Å². The number of β-amino-alcohol motifs (C(OH)–C–C–N with tert-alkyl or cyclic N) is 1. The lowest BCUT2D eigenvalue weighted by atomic mass is 10.1. The highest BCUT2D eigenvalue weighted by Crippen LogP contribution is 2.20. The van der Waals surface area contributed by atoms with Gasteiger partial charge in [-0.3, -0.25) is 9.78 Å². The van der Waals surface area contributed by atoms with Crippen molar-refractivity contribution >= 4 is 11.9 Å². The molecule has 2 heterocycles. The molecular formula is C12H14N2O4. The van der Waals surface area contributed by atoms with Gasteiger partial charge in [-0.05, 0) is 18.6 Å². The number of aromatic nitrogens is 1. The van der Waals surface area contributed by atoms with Gasteiger partial charge in [-0.15, -0.1) is 0 Å². The molecule has 0 spiro atoms. The molecule has 2 atom stereocenters. The second-order valence-electron chi connectivity index (χ2n) is 4.45. The molecule has 0 bridgehead atoms. The van der Waals surface area contributed by atoms with Crippen molar-refractivity contribution < 1.29 is 19.8 Å². The topological polar surface area (TPSA) is 90.7 Å². The van der Waals surface area contributed by atoms with E-state index in [9.17, 15) is 14.7 Å². The second kappa shape index (κ2) is 4.73. The summed E-state index contributed by atoms with van der Waals surface area (Å²) in [6.07, 6.45) is 2.30. The highest BCUT2D eigenvalue weighted by molar-refractivity contribution is 5.96. The average Bonchev–Trinajstić information content (AvgIpc) is 2.70. The summed E-state index contributed by atoms with van der Waals surface area (Å²) in [7, 11) is 0. The minimum absolute atomic E-state index is 0.0454. The van der Waals surface area contributed by atoms with Crippen LogP contribution in [0.1, 0.15) is 22.3 Å². The number of aliphatic hydroxyl groups excluding tert-OH is 1. The highest BCUT2D eigenvalue weighted by Gasteiger charge is 2.39. The molecule has 0 aliphatic carbocycles. The third-order valence-corrected chi connectivity index (χ3v) is 2.95. The Labute approximate surface area is 104 Å². The number of carbonyl (C=O) groups is 2. The van der Waals surface area contributed by atoms with Gasteiger partial charge in [-0.2, -0.15) is 0 Å². The molecule has 1 aliphatic rings. The van der Waals surface area contributed by atoms with Gasteiger partial charge in [-0.1, -0.05) is 0 Å². The summed E-state index contributed by atoms with van der Waals surface area (Å²) in [5, 5.41) is 18.5. The maximum atomic E-state index is 12.2. The Hall–Kier alpha value is -1.95. The normalized spacial score (nSPS) is 23.1. The maximum absolute atomic E-state index is 12.2. The van der Waals surface area contributed by atoms with E-state index in [2.05, 4.69) is 4.98 Å². The number of likely N-dealkylation sites (tertiary alicyclic amines) is 1. The fourth-order valence-electron chi connectivity index (χ4n) is 2.11. The van der Waals surface area contributed by atoms with Crippen LogP contribution < -0.4 is 0 Å². The molecule has 1 fully saturated rings. The van der Waals surface area contributed by atoms with Crippen LogP contribution in [0.2, 0.25) is 0 Å². The summed E-state index contributed by atoms with van der Waals surface area (Å²) in [5.74, 6) is -1.50. The predicted octanol–water partition coefficient (Wildman–Crippen LogP) is 0.0500. The lowest BCUT2D eigenvalue weighted by Gasteiger charge is -2.21. The molecule has 0 saturated carbocycles. The van der Waals surface area contributed by atoms with Crippen LogP contribution in [0.5, 0.6) is 0 Å². The van der Waals surface area contributed by atoms with Gasteiger partial charge >= 0.3 is 5.97 Å². The lowest BCUT2D eigenvalue weighted by molar-refractivity contribution is -0.141. The van der Waals surface area contributed by atoms with Gasteiger partial charge in [0.2, 0.25) is 0 Å². The smallest absolute Gasteiger partial charge is 0.326 e. The van der Waals surface area contributed by atoms with Crippen LogP contribution in [-0.2, 0) is 4.79 Å². The monoisotopic (exact) mass is 250 g/mol. The Morgan fingerprint density at radius 2 is 2.17 bits per heavy atom. The van der Waals surface area contributed by atoms with Gasteiger partial charge in [-0.25, -0.2) is 4.79 Å². The van der Waals surface area contributed by atoms with Gasteiger partial charge in [0.1, 0.15) is 6.04 Å². The summed E-state index contributed by atoms with van der Waals surface area (Å²) in [6.45, 7) is 1.85. The summed E-state index contributed by atoms with van der Waals surface area (Å²) in [4.78, 5) is 28.3. The Morgan fingerprint density at radius 3 is 2.78 bits per heavy atom. The minimum Gasteiger partial charge on any atom is -0.480 e. The summed E-state index contributed by atoms with van der Waals surface area (Å²) in [6, 6.07) is 0.687. The van der Waals surface area contributed by atoms with Crippen molar-refractivity contribution in [2.45, 2.75) is 25.5 Å². The second-order valence-corrected chi connectivity index (χ2v) is 4.45. The fraction of sp³-hybridized carbons (Fsp3) is 0.417. The zero-order chi connectivity index (χ0) is 13.3. The zero-order valence-corrected chi connectivity index (χ0v) is 9.91. The number of aryl methyl sites for hydroxylation is 1. The van der Waals surface area contributed by atoms with E-state index < -0.39 is 24.0 Å². The van der Waals surface area contributed by atoms with Crippen LogP contribution in [0.4, 0.5) is 0 Å². The number of carbonyl (C=O) groups excluding carboxylic acids is 1. The quantitative estimate of drug-likeness (QED) is 0.774. The first-order valence-electron chi connectivity index (χ1n) is 5.62. The first-order chi connectivity index (χ1) is 8.49.